The minimum Gasteiger partial charge on any atom is -0.375 e. The van der Waals surface area contributed by atoms with E-state index in [1.54, 1.807) is 0 Å². The summed E-state index contributed by atoms with van der Waals surface area (Å²) in [5, 5.41) is 13.5. The lowest BCUT2D eigenvalue weighted by Gasteiger charge is -2.32. The molecule has 0 aromatic carbocycles. The Morgan fingerprint density at radius 2 is 2.53 bits per heavy atom. The number of rotatable bonds is 4. The maximum absolute atomic E-state index is 11.9. The summed E-state index contributed by atoms with van der Waals surface area (Å²) < 4.78 is 5.52. The van der Waals surface area contributed by atoms with Crippen LogP contribution in [0.25, 0.3) is 0 Å². The van der Waals surface area contributed by atoms with E-state index in [2.05, 4.69) is 27.5 Å². The molecule has 17 heavy (non-hydrogen) atoms. The number of carbonyl (C=O) groups is 1. The van der Waals surface area contributed by atoms with E-state index < -0.39 is 0 Å². The number of amides is 1. The predicted octanol–water partition coefficient (Wildman–Crippen LogP) is -0.230. The Labute approximate surface area is 99.5 Å². The second kappa shape index (κ2) is 5.72. The fourth-order valence-corrected chi connectivity index (χ4v) is 1.86. The summed E-state index contributed by atoms with van der Waals surface area (Å²) in [5.41, 5.74) is 0. The van der Waals surface area contributed by atoms with Gasteiger partial charge in [0.25, 0.3) is 0 Å². The lowest BCUT2D eigenvalue weighted by Crippen LogP contribution is -2.45. The molecule has 0 bridgehead atoms. The average Bonchev–Trinajstić information content (AvgIpc) is 2.89. The smallest absolute Gasteiger partial charge is 0.223 e. The molecule has 1 atom stereocenters. The molecule has 1 saturated heterocycles. The molecule has 1 unspecified atom stereocenters. The van der Waals surface area contributed by atoms with Crippen LogP contribution in [-0.4, -0.2) is 57.2 Å². The number of ether oxygens (including phenoxy) is 1. The van der Waals surface area contributed by atoms with E-state index in [0.29, 0.717) is 38.4 Å². The maximum atomic E-state index is 11.9. The quantitative estimate of drug-likeness (QED) is 0.784. The lowest BCUT2D eigenvalue weighted by molar-refractivity contribution is -0.138. The van der Waals surface area contributed by atoms with E-state index in [9.17, 15) is 4.79 Å². The fourth-order valence-electron chi connectivity index (χ4n) is 1.86. The minimum absolute atomic E-state index is 0.136. The first-order valence-electron chi connectivity index (χ1n) is 5.91. The molecule has 0 spiro atoms. The van der Waals surface area contributed by atoms with Crippen molar-refractivity contribution in [2.45, 2.75) is 32.3 Å². The van der Waals surface area contributed by atoms with Crippen molar-refractivity contribution in [3.05, 3.63) is 5.82 Å². The van der Waals surface area contributed by atoms with Gasteiger partial charge in [0.05, 0.1) is 12.7 Å². The normalized spacial score (nSPS) is 20.5. The summed E-state index contributed by atoms with van der Waals surface area (Å²) in [6, 6.07) is 0. The summed E-state index contributed by atoms with van der Waals surface area (Å²) in [4.78, 5) is 13.8. The predicted molar refractivity (Wildman–Crippen MR) is 59.1 cm³/mol. The van der Waals surface area contributed by atoms with Crippen LogP contribution in [0.2, 0.25) is 0 Å². The zero-order valence-electron chi connectivity index (χ0n) is 9.93. The zero-order valence-corrected chi connectivity index (χ0v) is 9.93. The van der Waals surface area contributed by atoms with E-state index in [1.807, 2.05) is 4.90 Å². The van der Waals surface area contributed by atoms with Crippen LogP contribution in [0.3, 0.4) is 0 Å². The zero-order chi connectivity index (χ0) is 12.1. The summed E-state index contributed by atoms with van der Waals surface area (Å²) in [6.45, 7) is 4.08. The van der Waals surface area contributed by atoms with Gasteiger partial charge in [-0.25, -0.2) is 0 Å². The molecule has 1 aliphatic heterocycles. The third kappa shape index (κ3) is 3.23. The molecule has 2 rings (SSSR count). The van der Waals surface area contributed by atoms with Crippen molar-refractivity contribution in [2.75, 3.05) is 19.7 Å². The molecule has 1 N–H and O–H groups in total. The molecule has 1 aromatic rings. The molecule has 7 nitrogen and oxygen atoms in total. The van der Waals surface area contributed by atoms with Gasteiger partial charge in [-0.1, -0.05) is 12.1 Å². The largest absolute Gasteiger partial charge is 0.375 e. The minimum atomic E-state index is 0.136. The van der Waals surface area contributed by atoms with Gasteiger partial charge in [0.15, 0.2) is 5.82 Å². The second-order valence-electron chi connectivity index (χ2n) is 4.07. The Bertz CT molecular complexity index is 354. The Morgan fingerprint density at radius 3 is 3.24 bits per heavy atom. The molecule has 2 heterocycles. The van der Waals surface area contributed by atoms with Crippen LogP contribution in [-0.2, 0) is 16.0 Å². The number of aromatic amines is 1. The number of nitrogens with zero attached hydrogens (tertiary/aromatic N) is 4. The molecular formula is C10H17N5O2. The van der Waals surface area contributed by atoms with Gasteiger partial charge in [0, 0.05) is 25.9 Å². The molecule has 0 radical (unpaired) electrons. The Morgan fingerprint density at radius 1 is 1.65 bits per heavy atom. The van der Waals surface area contributed by atoms with Crippen LogP contribution in [0.15, 0.2) is 0 Å². The van der Waals surface area contributed by atoms with Crippen LogP contribution < -0.4 is 0 Å². The van der Waals surface area contributed by atoms with E-state index in [1.165, 1.54) is 0 Å². The maximum Gasteiger partial charge on any atom is 0.223 e. The number of H-pyrrole nitrogens is 1. The van der Waals surface area contributed by atoms with Gasteiger partial charge in [-0.15, -0.1) is 10.2 Å². The number of hydrogen-bond acceptors (Lipinski definition) is 5. The molecule has 1 aromatic heterocycles. The average molecular weight is 239 g/mol. The number of carbonyl (C=O) groups excluding carboxylic acids is 1. The van der Waals surface area contributed by atoms with Crippen LogP contribution in [0.1, 0.15) is 25.6 Å². The lowest BCUT2D eigenvalue weighted by atomic mass is 10.2. The number of aryl methyl sites for hydroxylation is 1. The molecule has 0 aliphatic carbocycles. The second-order valence-corrected chi connectivity index (χ2v) is 4.07. The third-order valence-corrected chi connectivity index (χ3v) is 2.90. The van der Waals surface area contributed by atoms with Crippen molar-refractivity contribution in [1.29, 1.82) is 0 Å². The first-order chi connectivity index (χ1) is 8.29. The fraction of sp³-hybridized carbons (Fsp3) is 0.800. The molecule has 1 aliphatic rings. The highest BCUT2D eigenvalue weighted by molar-refractivity contribution is 5.76. The molecule has 1 amide bonds. The van der Waals surface area contributed by atoms with Crippen LogP contribution in [0.4, 0.5) is 0 Å². The monoisotopic (exact) mass is 239 g/mol. The number of hydrogen-bond donors (Lipinski definition) is 1. The first-order valence-corrected chi connectivity index (χ1v) is 5.91. The van der Waals surface area contributed by atoms with E-state index in [-0.39, 0.29) is 12.0 Å². The molecule has 7 heteroatoms. The summed E-state index contributed by atoms with van der Waals surface area (Å²) in [7, 11) is 0. The van der Waals surface area contributed by atoms with Gasteiger partial charge in [-0.2, -0.15) is 5.21 Å². The standard InChI is InChI=1S/C10H17N5O2/c1-2-8-7-15(5-6-17-8)10(16)4-3-9-11-13-14-12-9/h8H,2-7H2,1H3,(H,11,12,13,14). The van der Waals surface area contributed by atoms with Gasteiger partial charge < -0.3 is 9.64 Å². The summed E-state index contributed by atoms with van der Waals surface area (Å²) in [6.07, 6.45) is 2.08. The van der Waals surface area contributed by atoms with E-state index in [4.69, 9.17) is 4.74 Å². The first kappa shape index (κ1) is 12.0. The van der Waals surface area contributed by atoms with Crippen molar-refractivity contribution >= 4 is 5.91 Å². The number of tetrazole rings is 1. The topological polar surface area (TPSA) is 84.0 Å². The van der Waals surface area contributed by atoms with Crippen molar-refractivity contribution in [2.24, 2.45) is 0 Å². The number of morpholine rings is 1. The SMILES string of the molecule is CCC1CN(C(=O)CCc2nn[nH]n2)CCO1. The van der Waals surface area contributed by atoms with Gasteiger partial charge in [0.2, 0.25) is 5.91 Å². The Kier molecular flexibility index (Phi) is 4.03. The van der Waals surface area contributed by atoms with E-state index in [0.717, 1.165) is 6.42 Å². The summed E-state index contributed by atoms with van der Waals surface area (Å²) in [5.74, 6) is 0.718. The van der Waals surface area contributed by atoms with Gasteiger partial charge in [0.1, 0.15) is 0 Å². The highest BCUT2D eigenvalue weighted by Gasteiger charge is 2.22. The highest BCUT2D eigenvalue weighted by Crippen LogP contribution is 2.10. The van der Waals surface area contributed by atoms with Gasteiger partial charge in [-0.05, 0) is 6.42 Å². The van der Waals surface area contributed by atoms with E-state index >= 15 is 0 Å². The van der Waals surface area contributed by atoms with Crippen LogP contribution in [0, 0.1) is 0 Å². The Hall–Kier alpha value is -1.50. The summed E-state index contributed by atoms with van der Waals surface area (Å²) >= 11 is 0. The van der Waals surface area contributed by atoms with Gasteiger partial charge >= 0.3 is 0 Å². The Balaban J connectivity index is 1.79. The highest BCUT2D eigenvalue weighted by atomic mass is 16.5. The van der Waals surface area contributed by atoms with Crippen molar-refractivity contribution in [1.82, 2.24) is 25.5 Å². The molecular weight excluding hydrogens is 222 g/mol. The van der Waals surface area contributed by atoms with Crippen LogP contribution >= 0.6 is 0 Å². The molecule has 0 saturated carbocycles. The van der Waals surface area contributed by atoms with Crippen molar-refractivity contribution < 1.29 is 9.53 Å². The molecule has 1 fully saturated rings. The van der Waals surface area contributed by atoms with Crippen molar-refractivity contribution in [3.63, 3.8) is 0 Å². The molecule has 94 valence electrons. The third-order valence-electron chi connectivity index (χ3n) is 2.90. The van der Waals surface area contributed by atoms with Crippen LogP contribution in [0.5, 0.6) is 0 Å². The van der Waals surface area contributed by atoms with Gasteiger partial charge in [-0.3, -0.25) is 4.79 Å². The number of nitrogens with one attached hydrogen (secondary N) is 1. The number of aromatic nitrogens is 4. The van der Waals surface area contributed by atoms with Crippen molar-refractivity contribution in [3.8, 4) is 0 Å².